The highest BCUT2D eigenvalue weighted by Gasteiger charge is 2.35. The number of hydrogen-bond acceptors (Lipinski definition) is 2. The highest BCUT2D eigenvalue weighted by Crippen LogP contribution is 2.42. The van der Waals surface area contributed by atoms with E-state index in [0.29, 0.717) is 6.04 Å². The third-order valence-corrected chi connectivity index (χ3v) is 5.16. The fraction of sp³-hybridized carbons (Fsp3) is 0.538. The van der Waals surface area contributed by atoms with Gasteiger partial charge in [0.25, 0.3) is 0 Å². The summed E-state index contributed by atoms with van der Waals surface area (Å²) in [4.78, 5) is 1.29. The van der Waals surface area contributed by atoms with Crippen molar-refractivity contribution in [2.45, 2.75) is 36.7 Å². The quantitative estimate of drug-likeness (QED) is 0.859. The maximum atomic E-state index is 6.24. The monoisotopic (exact) mass is 253 g/mol. The molecule has 1 aromatic rings. The summed E-state index contributed by atoms with van der Waals surface area (Å²) < 4.78 is 0. The molecule has 0 spiro atoms. The molecule has 0 radical (unpaired) electrons. The van der Waals surface area contributed by atoms with E-state index in [0.717, 1.165) is 17.0 Å². The van der Waals surface area contributed by atoms with E-state index in [2.05, 4.69) is 24.4 Å². The van der Waals surface area contributed by atoms with Crippen molar-refractivity contribution in [3.63, 3.8) is 0 Å². The van der Waals surface area contributed by atoms with E-state index in [-0.39, 0.29) is 0 Å². The lowest BCUT2D eigenvalue weighted by atomic mass is 10.0. The molecule has 16 heavy (non-hydrogen) atoms. The van der Waals surface area contributed by atoms with E-state index in [1.807, 2.05) is 17.8 Å². The Kier molecular flexibility index (Phi) is 2.90. The Hall–Kier alpha value is -0.180. The molecule has 1 heterocycles. The van der Waals surface area contributed by atoms with E-state index in [1.165, 1.54) is 29.1 Å². The van der Waals surface area contributed by atoms with E-state index in [9.17, 15) is 0 Å². The number of thioether (sulfide) groups is 1. The van der Waals surface area contributed by atoms with Gasteiger partial charge in [0.15, 0.2) is 0 Å². The van der Waals surface area contributed by atoms with E-state index >= 15 is 0 Å². The highest BCUT2D eigenvalue weighted by atomic mass is 35.5. The Balaban J connectivity index is 1.85. The largest absolute Gasteiger partial charge is 0.307 e. The second-order valence-electron chi connectivity index (χ2n) is 4.83. The second-order valence-corrected chi connectivity index (χ2v) is 6.35. The van der Waals surface area contributed by atoms with Crippen molar-refractivity contribution in [1.82, 2.24) is 5.32 Å². The summed E-state index contributed by atoms with van der Waals surface area (Å²) in [5, 5.41) is 4.67. The lowest BCUT2D eigenvalue weighted by molar-refractivity contribution is 0.494. The highest BCUT2D eigenvalue weighted by molar-refractivity contribution is 7.99. The molecule has 1 aromatic carbocycles. The molecule has 1 aliphatic heterocycles. The minimum atomic E-state index is 0.518. The van der Waals surface area contributed by atoms with Crippen molar-refractivity contribution in [3.8, 4) is 0 Å². The first-order valence-corrected chi connectivity index (χ1v) is 7.29. The molecule has 1 nitrogen and oxygen atoms in total. The molecule has 1 fully saturated rings. The molecule has 3 rings (SSSR count). The number of hydrogen-bond donors (Lipinski definition) is 1. The summed E-state index contributed by atoms with van der Waals surface area (Å²) >= 11 is 8.14. The van der Waals surface area contributed by atoms with Crippen molar-refractivity contribution in [3.05, 3.63) is 28.8 Å². The molecule has 86 valence electrons. The first-order chi connectivity index (χ1) is 7.75. The van der Waals surface area contributed by atoms with Crippen LogP contribution in [-0.2, 0) is 0 Å². The van der Waals surface area contributed by atoms with Crippen molar-refractivity contribution in [2.24, 2.45) is 5.92 Å². The number of fused-ring (bicyclic) bond motifs is 1. The van der Waals surface area contributed by atoms with Gasteiger partial charge in [-0.25, -0.2) is 0 Å². The fourth-order valence-electron chi connectivity index (χ4n) is 2.37. The van der Waals surface area contributed by atoms with Crippen LogP contribution in [0.4, 0.5) is 0 Å². The van der Waals surface area contributed by atoms with E-state index in [4.69, 9.17) is 11.6 Å². The SMILES string of the molecule is CC1CC1NC1CCSc2c(Cl)cccc21. The Morgan fingerprint density at radius 3 is 3.00 bits per heavy atom. The predicted octanol–water partition coefficient (Wildman–Crippen LogP) is 3.87. The van der Waals surface area contributed by atoms with Gasteiger partial charge in [-0.1, -0.05) is 30.7 Å². The molecular weight excluding hydrogens is 238 g/mol. The van der Waals surface area contributed by atoms with Crippen molar-refractivity contribution in [2.75, 3.05) is 5.75 Å². The average Bonchev–Trinajstić information content (AvgIpc) is 2.96. The van der Waals surface area contributed by atoms with Crippen LogP contribution in [0.2, 0.25) is 5.02 Å². The van der Waals surface area contributed by atoms with Gasteiger partial charge < -0.3 is 5.32 Å². The molecule has 0 saturated heterocycles. The van der Waals surface area contributed by atoms with Gasteiger partial charge in [-0.3, -0.25) is 0 Å². The molecular formula is C13H16ClNS. The first-order valence-electron chi connectivity index (χ1n) is 5.93. The van der Waals surface area contributed by atoms with Crippen molar-refractivity contribution in [1.29, 1.82) is 0 Å². The first kappa shape index (κ1) is 10.9. The van der Waals surface area contributed by atoms with E-state index in [1.54, 1.807) is 0 Å². The van der Waals surface area contributed by atoms with Crippen LogP contribution in [0, 0.1) is 5.92 Å². The maximum absolute atomic E-state index is 6.24. The van der Waals surface area contributed by atoms with Gasteiger partial charge in [0, 0.05) is 17.0 Å². The molecule has 0 bridgehead atoms. The smallest absolute Gasteiger partial charge is 0.0545 e. The van der Waals surface area contributed by atoms with Crippen molar-refractivity contribution < 1.29 is 0 Å². The third-order valence-electron chi connectivity index (χ3n) is 3.55. The zero-order valence-corrected chi connectivity index (χ0v) is 10.9. The van der Waals surface area contributed by atoms with Crippen LogP contribution in [0.1, 0.15) is 31.4 Å². The Bertz CT molecular complexity index is 407. The van der Waals surface area contributed by atoms with E-state index < -0.39 is 0 Å². The molecule has 0 aromatic heterocycles. The molecule has 3 unspecified atom stereocenters. The lowest BCUT2D eigenvalue weighted by Gasteiger charge is -2.26. The molecule has 3 heteroatoms. The Morgan fingerprint density at radius 1 is 1.44 bits per heavy atom. The molecule has 0 amide bonds. The van der Waals surface area contributed by atoms with Crippen LogP contribution < -0.4 is 5.32 Å². The number of halogens is 1. The van der Waals surface area contributed by atoms with Gasteiger partial charge in [-0.15, -0.1) is 11.8 Å². The number of benzene rings is 1. The number of nitrogens with one attached hydrogen (secondary N) is 1. The third kappa shape index (κ3) is 1.99. The maximum Gasteiger partial charge on any atom is 0.0545 e. The van der Waals surface area contributed by atoms with Crippen LogP contribution in [0.25, 0.3) is 0 Å². The van der Waals surface area contributed by atoms with Gasteiger partial charge >= 0.3 is 0 Å². The molecule has 3 atom stereocenters. The topological polar surface area (TPSA) is 12.0 Å². The predicted molar refractivity (Wildman–Crippen MR) is 70.2 cm³/mol. The van der Waals surface area contributed by atoms with Crippen LogP contribution in [0.15, 0.2) is 23.1 Å². The van der Waals surface area contributed by atoms with Gasteiger partial charge in [0.2, 0.25) is 0 Å². The average molecular weight is 254 g/mol. The Morgan fingerprint density at radius 2 is 2.25 bits per heavy atom. The van der Waals surface area contributed by atoms with Crippen molar-refractivity contribution >= 4 is 23.4 Å². The van der Waals surface area contributed by atoms with Gasteiger partial charge in [-0.05, 0) is 36.1 Å². The number of rotatable bonds is 2. The second kappa shape index (κ2) is 4.25. The van der Waals surface area contributed by atoms with Crippen LogP contribution in [0.5, 0.6) is 0 Å². The van der Waals surface area contributed by atoms with Gasteiger partial charge in [0.1, 0.15) is 0 Å². The molecule has 1 aliphatic carbocycles. The van der Waals surface area contributed by atoms with Gasteiger partial charge in [0.05, 0.1) is 5.02 Å². The summed E-state index contributed by atoms with van der Waals surface area (Å²) in [5.41, 5.74) is 1.41. The minimum Gasteiger partial charge on any atom is -0.307 e. The Labute approximate surface area is 106 Å². The minimum absolute atomic E-state index is 0.518. The normalized spacial score (nSPS) is 32.2. The standard InChI is InChI=1S/C13H16ClNS/c1-8-7-12(8)15-11-5-6-16-13-9(11)3-2-4-10(13)14/h2-4,8,11-12,15H,5-7H2,1H3. The summed E-state index contributed by atoms with van der Waals surface area (Å²) in [6, 6.07) is 7.54. The zero-order valence-electron chi connectivity index (χ0n) is 9.37. The molecule has 1 saturated carbocycles. The lowest BCUT2D eigenvalue weighted by Crippen LogP contribution is -2.27. The summed E-state index contributed by atoms with van der Waals surface area (Å²) in [5.74, 6) is 2.03. The fourth-order valence-corrected chi connectivity index (χ4v) is 3.86. The van der Waals surface area contributed by atoms with Crippen LogP contribution in [-0.4, -0.2) is 11.8 Å². The summed E-state index contributed by atoms with van der Waals surface area (Å²) in [7, 11) is 0. The van der Waals surface area contributed by atoms with Crippen LogP contribution >= 0.6 is 23.4 Å². The molecule has 2 aliphatic rings. The summed E-state index contributed by atoms with van der Waals surface area (Å²) in [6.45, 7) is 2.31. The van der Waals surface area contributed by atoms with Crippen LogP contribution in [0.3, 0.4) is 0 Å². The molecule has 1 N–H and O–H groups in total. The van der Waals surface area contributed by atoms with Gasteiger partial charge in [-0.2, -0.15) is 0 Å². The zero-order chi connectivity index (χ0) is 11.1. The summed E-state index contributed by atoms with van der Waals surface area (Å²) in [6.07, 6.45) is 2.56.